The van der Waals surface area contributed by atoms with Gasteiger partial charge in [0, 0.05) is 25.2 Å². The standard InChI is InChI=1S/C21H22ClN3O7S/c22-18-10-7-16(25(28)29)13-19(18)23-20(26)14-32-21(27)15-5-8-17(9-6-15)33(30,31)24-11-3-1-2-4-12-24/h5-10,13H,1-4,11-12,14H2,(H,23,26). The van der Waals surface area contributed by atoms with Gasteiger partial charge in [-0.25, -0.2) is 13.2 Å². The first kappa shape index (κ1) is 24.6. The number of halogens is 1. The van der Waals surface area contributed by atoms with Crippen molar-refractivity contribution in [3.05, 3.63) is 63.2 Å². The minimum absolute atomic E-state index is 0.00925. The molecule has 0 spiro atoms. The van der Waals surface area contributed by atoms with Crippen molar-refractivity contribution in [2.45, 2.75) is 30.6 Å². The average molecular weight is 496 g/mol. The van der Waals surface area contributed by atoms with Crippen molar-refractivity contribution < 1.29 is 27.7 Å². The van der Waals surface area contributed by atoms with E-state index in [0.29, 0.717) is 13.1 Å². The van der Waals surface area contributed by atoms with Gasteiger partial charge in [-0.2, -0.15) is 4.31 Å². The average Bonchev–Trinajstić information content (AvgIpc) is 3.09. The first-order valence-corrected chi connectivity index (χ1v) is 12.0. The number of nitro benzene ring substituents is 1. The number of non-ortho nitro benzene ring substituents is 1. The van der Waals surface area contributed by atoms with Gasteiger partial charge in [-0.15, -0.1) is 0 Å². The zero-order valence-electron chi connectivity index (χ0n) is 17.5. The predicted octanol–water partition coefficient (Wildman–Crippen LogP) is 3.61. The molecule has 0 bridgehead atoms. The van der Waals surface area contributed by atoms with Crippen molar-refractivity contribution in [2.24, 2.45) is 0 Å². The van der Waals surface area contributed by atoms with Crippen LogP contribution in [0.15, 0.2) is 47.4 Å². The molecule has 0 radical (unpaired) electrons. The Balaban J connectivity index is 1.59. The molecule has 1 amide bonds. The van der Waals surface area contributed by atoms with Crippen molar-refractivity contribution in [3.63, 3.8) is 0 Å². The second-order valence-corrected chi connectivity index (χ2v) is 9.73. The zero-order valence-corrected chi connectivity index (χ0v) is 19.1. The third kappa shape index (κ3) is 6.28. The highest BCUT2D eigenvalue weighted by atomic mass is 35.5. The number of anilines is 1. The number of carbonyl (C=O) groups excluding carboxylic acids is 2. The Morgan fingerprint density at radius 2 is 1.70 bits per heavy atom. The number of nitrogens with one attached hydrogen (secondary N) is 1. The molecule has 0 aliphatic carbocycles. The number of amides is 1. The minimum Gasteiger partial charge on any atom is -0.452 e. The van der Waals surface area contributed by atoms with Crippen LogP contribution in [0.25, 0.3) is 0 Å². The van der Waals surface area contributed by atoms with Gasteiger partial charge in [-0.3, -0.25) is 14.9 Å². The number of esters is 1. The Hall–Kier alpha value is -3.02. The van der Waals surface area contributed by atoms with Crippen molar-refractivity contribution in [1.29, 1.82) is 0 Å². The number of hydrogen-bond donors (Lipinski definition) is 1. The number of hydrogen-bond acceptors (Lipinski definition) is 7. The number of benzene rings is 2. The summed E-state index contributed by atoms with van der Waals surface area (Å²) in [5, 5.41) is 13.3. The van der Waals surface area contributed by atoms with Gasteiger partial charge in [0.25, 0.3) is 11.6 Å². The Labute approximate surface area is 195 Å². The molecule has 2 aromatic carbocycles. The molecular weight excluding hydrogens is 474 g/mol. The van der Waals surface area contributed by atoms with E-state index < -0.39 is 33.4 Å². The first-order valence-electron chi connectivity index (χ1n) is 10.2. The lowest BCUT2D eigenvalue weighted by molar-refractivity contribution is -0.384. The largest absolute Gasteiger partial charge is 0.452 e. The molecule has 1 aliphatic heterocycles. The van der Waals surface area contributed by atoms with Crippen molar-refractivity contribution >= 4 is 44.9 Å². The van der Waals surface area contributed by atoms with Crippen LogP contribution in [-0.4, -0.2) is 49.2 Å². The summed E-state index contributed by atoms with van der Waals surface area (Å²) < 4.78 is 32.0. The molecule has 33 heavy (non-hydrogen) atoms. The van der Waals surface area contributed by atoms with Crippen molar-refractivity contribution in [2.75, 3.05) is 25.0 Å². The third-order valence-corrected chi connectivity index (χ3v) is 7.30. The fourth-order valence-electron chi connectivity index (χ4n) is 3.32. The maximum atomic E-state index is 12.8. The predicted molar refractivity (Wildman–Crippen MR) is 121 cm³/mol. The summed E-state index contributed by atoms with van der Waals surface area (Å²) in [4.78, 5) is 34.6. The normalized spacial score (nSPS) is 14.8. The molecule has 2 aromatic rings. The van der Waals surface area contributed by atoms with Gasteiger partial charge in [-0.05, 0) is 43.2 Å². The van der Waals surface area contributed by atoms with E-state index in [-0.39, 0.29) is 26.9 Å². The summed E-state index contributed by atoms with van der Waals surface area (Å²) in [6.45, 7) is 0.275. The van der Waals surface area contributed by atoms with Crippen LogP contribution in [0.3, 0.4) is 0 Å². The smallest absolute Gasteiger partial charge is 0.338 e. The van der Waals surface area contributed by atoms with Gasteiger partial charge in [-0.1, -0.05) is 24.4 Å². The number of ether oxygens (including phenoxy) is 1. The fraction of sp³-hybridized carbons (Fsp3) is 0.333. The van der Waals surface area contributed by atoms with Gasteiger partial charge >= 0.3 is 5.97 Å². The molecule has 1 saturated heterocycles. The fourth-order valence-corrected chi connectivity index (χ4v) is 5.00. The monoisotopic (exact) mass is 495 g/mol. The van der Waals surface area contributed by atoms with Gasteiger partial charge in [0.15, 0.2) is 6.61 Å². The van der Waals surface area contributed by atoms with E-state index in [2.05, 4.69) is 5.32 Å². The Morgan fingerprint density at radius 1 is 1.06 bits per heavy atom. The van der Waals surface area contributed by atoms with Crippen LogP contribution < -0.4 is 5.32 Å². The molecule has 176 valence electrons. The highest BCUT2D eigenvalue weighted by Gasteiger charge is 2.25. The highest BCUT2D eigenvalue weighted by molar-refractivity contribution is 7.89. The van der Waals surface area contributed by atoms with Crippen LogP contribution in [0.1, 0.15) is 36.0 Å². The number of carbonyl (C=O) groups is 2. The second kappa shape index (κ2) is 10.7. The van der Waals surface area contributed by atoms with Gasteiger partial charge < -0.3 is 10.1 Å². The van der Waals surface area contributed by atoms with Crippen LogP contribution >= 0.6 is 11.6 Å². The van der Waals surface area contributed by atoms with Crippen LogP contribution in [0, 0.1) is 10.1 Å². The Morgan fingerprint density at radius 3 is 2.30 bits per heavy atom. The second-order valence-electron chi connectivity index (χ2n) is 7.39. The van der Waals surface area contributed by atoms with Crippen LogP contribution in [0.4, 0.5) is 11.4 Å². The summed E-state index contributed by atoms with van der Waals surface area (Å²) in [7, 11) is -3.65. The molecule has 0 atom stereocenters. The number of rotatable bonds is 7. The molecule has 1 N–H and O–H groups in total. The van der Waals surface area contributed by atoms with Gasteiger partial charge in [0.1, 0.15) is 0 Å². The summed E-state index contributed by atoms with van der Waals surface area (Å²) in [5.41, 5.74) is -0.178. The quantitative estimate of drug-likeness (QED) is 0.352. The molecule has 1 heterocycles. The van der Waals surface area contributed by atoms with Crippen LogP contribution in [-0.2, 0) is 19.6 Å². The van der Waals surface area contributed by atoms with Crippen molar-refractivity contribution in [1.82, 2.24) is 4.31 Å². The number of nitrogens with zero attached hydrogens (tertiary/aromatic N) is 2. The van der Waals surface area contributed by atoms with Crippen molar-refractivity contribution in [3.8, 4) is 0 Å². The Kier molecular flexibility index (Phi) is 8.01. The summed E-state index contributed by atoms with van der Waals surface area (Å²) in [6, 6.07) is 8.85. The lowest BCUT2D eigenvalue weighted by Crippen LogP contribution is -2.31. The first-order chi connectivity index (χ1) is 15.7. The van der Waals surface area contributed by atoms with E-state index in [9.17, 15) is 28.1 Å². The van der Waals surface area contributed by atoms with Crippen LogP contribution in [0.2, 0.25) is 5.02 Å². The summed E-state index contributed by atoms with van der Waals surface area (Å²) >= 11 is 5.92. The molecule has 1 aliphatic rings. The summed E-state index contributed by atoms with van der Waals surface area (Å²) in [6.07, 6.45) is 3.62. The maximum Gasteiger partial charge on any atom is 0.338 e. The molecule has 0 unspecified atom stereocenters. The van der Waals surface area contributed by atoms with E-state index in [1.807, 2.05) is 0 Å². The number of sulfonamides is 1. The van der Waals surface area contributed by atoms with E-state index >= 15 is 0 Å². The lowest BCUT2D eigenvalue weighted by atomic mass is 10.2. The SMILES string of the molecule is O=C(COC(=O)c1ccc(S(=O)(=O)N2CCCCCC2)cc1)Nc1cc([N+](=O)[O-])ccc1Cl. The van der Waals surface area contributed by atoms with Gasteiger partial charge in [0.2, 0.25) is 10.0 Å². The number of nitro groups is 1. The molecule has 10 nitrogen and oxygen atoms in total. The van der Waals surface area contributed by atoms with E-state index in [4.69, 9.17) is 16.3 Å². The molecule has 0 aromatic heterocycles. The zero-order chi connectivity index (χ0) is 24.0. The third-order valence-electron chi connectivity index (χ3n) is 5.06. The van der Waals surface area contributed by atoms with Gasteiger partial charge in [0.05, 0.1) is 26.1 Å². The van der Waals surface area contributed by atoms with E-state index in [1.165, 1.54) is 40.7 Å². The topological polar surface area (TPSA) is 136 Å². The van der Waals surface area contributed by atoms with Crippen LogP contribution in [0.5, 0.6) is 0 Å². The Bertz CT molecular complexity index is 1140. The molecular formula is C21H22ClN3O7S. The lowest BCUT2D eigenvalue weighted by Gasteiger charge is -2.20. The van der Waals surface area contributed by atoms with E-state index in [1.54, 1.807) is 0 Å². The molecule has 3 rings (SSSR count). The summed E-state index contributed by atoms with van der Waals surface area (Å²) in [5.74, 6) is -1.57. The highest BCUT2D eigenvalue weighted by Crippen LogP contribution is 2.26. The van der Waals surface area contributed by atoms with E-state index in [0.717, 1.165) is 31.7 Å². The molecule has 1 fully saturated rings. The minimum atomic E-state index is -3.65. The molecule has 12 heteroatoms. The molecule has 0 saturated carbocycles. The maximum absolute atomic E-state index is 12.8.